The highest BCUT2D eigenvalue weighted by Gasteiger charge is 2.21. The molecule has 1 fully saturated rings. The summed E-state index contributed by atoms with van der Waals surface area (Å²) in [6, 6.07) is 20.5. The van der Waals surface area contributed by atoms with Crippen molar-refractivity contribution in [3.8, 4) is 6.07 Å². The third kappa shape index (κ3) is 5.64. The Labute approximate surface area is 188 Å². The highest BCUT2D eigenvalue weighted by molar-refractivity contribution is 5.94. The Morgan fingerprint density at radius 3 is 2.84 bits per heavy atom. The van der Waals surface area contributed by atoms with Crippen LogP contribution in [-0.4, -0.2) is 47.8 Å². The Morgan fingerprint density at radius 2 is 2.00 bits per heavy atom. The van der Waals surface area contributed by atoms with Crippen molar-refractivity contribution in [3.63, 3.8) is 0 Å². The molecule has 1 atom stereocenters. The lowest BCUT2D eigenvalue weighted by Gasteiger charge is -2.32. The molecule has 4 rings (SSSR count). The zero-order chi connectivity index (χ0) is 22.2. The SMILES string of the molecule is N#CCCn1cc(/C=C/C(=O)OCC2CN(Cc3ccccc3)CCO2)c2ccccc21. The van der Waals surface area contributed by atoms with Crippen LogP contribution in [0, 0.1) is 11.3 Å². The predicted molar refractivity (Wildman–Crippen MR) is 124 cm³/mol. The summed E-state index contributed by atoms with van der Waals surface area (Å²) in [4.78, 5) is 14.6. The van der Waals surface area contributed by atoms with E-state index >= 15 is 0 Å². The van der Waals surface area contributed by atoms with Crippen LogP contribution in [0.3, 0.4) is 0 Å². The largest absolute Gasteiger partial charge is 0.460 e. The summed E-state index contributed by atoms with van der Waals surface area (Å²) < 4.78 is 13.3. The number of nitrogens with zero attached hydrogens (tertiary/aromatic N) is 3. The van der Waals surface area contributed by atoms with Gasteiger partial charge in [-0.05, 0) is 17.7 Å². The minimum Gasteiger partial charge on any atom is -0.460 e. The van der Waals surface area contributed by atoms with Crippen LogP contribution in [0.5, 0.6) is 0 Å². The van der Waals surface area contributed by atoms with Crippen LogP contribution in [0.4, 0.5) is 0 Å². The molecule has 0 N–H and O–H groups in total. The first-order valence-electron chi connectivity index (χ1n) is 10.9. The van der Waals surface area contributed by atoms with Crippen LogP contribution in [0.25, 0.3) is 17.0 Å². The number of ether oxygens (including phenoxy) is 2. The maximum absolute atomic E-state index is 12.3. The number of nitriles is 1. The highest BCUT2D eigenvalue weighted by atomic mass is 16.6. The molecular formula is C26H27N3O3. The van der Waals surface area contributed by atoms with Crippen LogP contribution in [-0.2, 0) is 27.4 Å². The lowest BCUT2D eigenvalue weighted by molar-refractivity contribution is -0.144. The average molecular weight is 430 g/mol. The fraction of sp³-hybridized carbons (Fsp3) is 0.308. The molecule has 1 aromatic heterocycles. The Bertz CT molecular complexity index is 1110. The fourth-order valence-corrected chi connectivity index (χ4v) is 4.01. The first kappa shape index (κ1) is 21.8. The Morgan fingerprint density at radius 1 is 1.19 bits per heavy atom. The van der Waals surface area contributed by atoms with Crippen LogP contribution in [0.2, 0.25) is 0 Å². The number of carbonyl (C=O) groups excluding carboxylic acids is 1. The number of benzene rings is 2. The number of fused-ring (bicyclic) bond motifs is 1. The van der Waals surface area contributed by atoms with Gasteiger partial charge in [0.1, 0.15) is 12.7 Å². The molecule has 0 spiro atoms. The summed E-state index contributed by atoms with van der Waals surface area (Å²) in [5.74, 6) is -0.386. The zero-order valence-electron chi connectivity index (χ0n) is 18.0. The molecule has 2 heterocycles. The van der Waals surface area contributed by atoms with Crippen LogP contribution < -0.4 is 0 Å². The number of esters is 1. The molecule has 0 saturated carbocycles. The third-order valence-electron chi connectivity index (χ3n) is 5.57. The van der Waals surface area contributed by atoms with Gasteiger partial charge >= 0.3 is 5.97 Å². The molecule has 2 aromatic carbocycles. The first-order valence-corrected chi connectivity index (χ1v) is 10.9. The molecule has 164 valence electrons. The lowest BCUT2D eigenvalue weighted by Crippen LogP contribution is -2.44. The van der Waals surface area contributed by atoms with Gasteiger partial charge in [-0.2, -0.15) is 5.26 Å². The maximum Gasteiger partial charge on any atom is 0.330 e. The van der Waals surface area contributed by atoms with E-state index in [4.69, 9.17) is 14.7 Å². The van der Waals surface area contributed by atoms with Gasteiger partial charge in [-0.1, -0.05) is 48.5 Å². The van der Waals surface area contributed by atoms with Crippen molar-refractivity contribution in [1.82, 2.24) is 9.47 Å². The first-order chi connectivity index (χ1) is 15.7. The summed E-state index contributed by atoms with van der Waals surface area (Å²) >= 11 is 0. The van der Waals surface area contributed by atoms with E-state index in [2.05, 4.69) is 23.1 Å². The highest BCUT2D eigenvalue weighted by Crippen LogP contribution is 2.23. The van der Waals surface area contributed by atoms with Gasteiger partial charge < -0.3 is 14.0 Å². The number of hydrogen-bond acceptors (Lipinski definition) is 5. The van der Waals surface area contributed by atoms with E-state index in [0.29, 0.717) is 19.6 Å². The van der Waals surface area contributed by atoms with Gasteiger partial charge in [0, 0.05) is 54.9 Å². The van der Waals surface area contributed by atoms with Gasteiger partial charge in [0.05, 0.1) is 19.1 Å². The van der Waals surface area contributed by atoms with Crippen molar-refractivity contribution in [3.05, 3.63) is 78.0 Å². The van der Waals surface area contributed by atoms with Crippen LogP contribution in [0.1, 0.15) is 17.5 Å². The van der Waals surface area contributed by atoms with E-state index in [1.54, 1.807) is 6.08 Å². The molecule has 1 saturated heterocycles. The zero-order valence-corrected chi connectivity index (χ0v) is 18.0. The standard InChI is InChI=1S/C26H27N3O3/c27-13-6-14-29-18-22(24-9-4-5-10-25(24)29)11-12-26(30)32-20-23-19-28(15-16-31-23)17-21-7-2-1-3-8-21/h1-5,7-12,18,23H,6,14-17,19-20H2/b12-11+. The normalized spacial score (nSPS) is 16.9. The lowest BCUT2D eigenvalue weighted by atomic mass is 10.1. The molecule has 6 heteroatoms. The van der Waals surface area contributed by atoms with Gasteiger partial charge in [-0.25, -0.2) is 4.79 Å². The van der Waals surface area contributed by atoms with Crippen molar-refractivity contribution in [1.29, 1.82) is 5.26 Å². The molecule has 1 aliphatic rings. The smallest absolute Gasteiger partial charge is 0.330 e. The summed E-state index contributed by atoms with van der Waals surface area (Å²) in [7, 11) is 0. The number of para-hydroxylation sites is 1. The molecule has 6 nitrogen and oxygen atoms in total. The Kier molecular flexibility index (Phi) is 7.34. The van der Waals surface area contributed by atoms with Gasteiger partial charge in [0.2, 0.25) is 0 Å². The van der Waals surface area contributed by atoms with Crippen molar-refractivity contribution >= 4 is 22.9 Å². The van der Waals surface area contributed by atoms with Crippen molar-refractivity contribution in [2.75, 3.05) is 26.3 Å². The summed E-state index contributed by atoms with van der Waals surface area (Å²) in [6.45, 7) is 3.96. The second-order valence-electron chi connectivity index (χ2n) is 7.88. The molecule has 0 bridgehead atoms. The van der Waals surface area contributed by atoms with Crippen LogP contribution >= 0.6 is 0 Å². The van der Waals surface area contributed by atoms with E-state index in [9.17, 15) is 4.79 Å². The quantitative estimate of drug-likeness (QED) is 0.400. The molecule has 3 aromatic rings. The number of aryl methyl sites for hydroxylation is 1. The molecule has 1 unspecified atom stereocenters. The van der Waals surface area contributed by atoms with Crippen molar-refractivity contribution in [2.24, 2.45) is 0 Å². The van der Waals surface area contributed by atoms with Crippen LogP contribution in [0.15, 0.2) is 66.9 Å². The molecule has 0 amide bonds. The average Bonchev–Trinajstić information content (AvgIpc) is 3.19. The molecule has 1 aliphatic heterocycles. The number of carbonyl (C=O) groups is 1. The Hall–Kier alpha value is -3.40. The molecule has 32 heavy (non-hydrogen) atoms. The topological polar surface area (TPSA) is 67.5 Å². The summed E-state index contributed by atoms with van der Waals surface area (Å²) in [6.07, 6.45) is 5.51. The van der Waals surface area contributed by atoms with Crippen molar-refractivity contribution in [2.45, 2.75) is 25.6 Å². The van der Waals surface area contributed by atoms with Crippen molar-refractivity contribution < 1.29 is 14.3 Å². The molecular weight excluding hydrogens is 402 g/mol. The van der Waals surface area contributed by atoms with Gasteiger partial charge in [-0.3, -0.25) is 4.90 Å². The predicted octanol–water partition coefficient (Wildman–Crippen LogP) is 4.01. The molecule has 0 aliphatic carbocycles. The summed E-state index contributed by atoms with van der Waals surface area (Å²) in [5.41, 5.74) is 3.24. The van der Waals surface area contributed by atoms with E-state index in [1.807, 2.05) is 53.2 Å². The van der Waals surface area contributed by atoms with E-state index in [-0.39, 0.29) is 18.7 Å². The second-order valence-corrected chi connectivity index (χ2v) is 7.88. The van der Waals surface area contributed by atoms with E-state index in [0.717, 1.165) is 36.1 Å². The second kappa shape index (κ2) is 10.8. The van der Waals surface area contributed by atoms with E-state index in [1.165, 1.54) is 11.6 Å². The number of aromatic nitrogens is 1. The summed E-state index contributed by atoms with van der Waals surface area (Å²) in [5, 5.41) is 9.93. The molecule has 0 radical (unpaired) electrons. The minimum absolute atomic E-state index is 0.127. The number of rotatable bonds is 8. The van der Waals surface area contributed by atoms with Gasteiger partial charge in [0.25, 0.3) is 0 Å². The number of hydrogen-bond donors (Lipinski definition) is 0. The fourth-order valence-electron chi connectivity index (χ4n) is 4.01. The minimum atomic E-state index is -0.386. The monoisotopic (exact) mass is 429 g/mol. The van der Waals surface area contributed by atoms with E-state index < -0.39 is 0 Å². The number of morpholine rings is 1. The van der Waals surface area contributed by atoms with Gasteiger partial charge in [0.15, 0.2) is 0 Å². The maximum atomic E-state index is 12.3. The third-order valence-corrected chi connectivity index (χ3v) is 5.57. The Balaban J connectivity index is 1.31. The van der Waals surface area contributed by atoms with Gasteiger partial charge in [-0.15, -0.1) is 0 Å².